The molecule has 0 heterocycles. The summed E-state index contributed by atoms with van der Waals surface area (Å²) in [6.07, 6.45) is 1.52. The molecular weight excluding hydrogens is 476 g/mol. The molecule has 3 aromatic rings. The van der Waals surface area contributed by atoms with Crippen LogP contribution in [0.4, 0.5) is 11.4 Å². The minimum atomic E-state index is -4.05. The van der Waals surface area contributed by atoms with Gasteiger partial charge in [-0.15, -0.1) is 0 Å². The number of nitrogens with zero attached hydrogens (tertiary/aromatic N) is 3. The lowest BCUT2D eigenvalue weighted by atomic mass is 10.2. The van der Waals surface area contributed by atoms with Gasteiger partial charge in [-0.05, 0) is 62.7 Å². The number of benzene rings is 3. The van der Waals surface area contributed by atoms with E-state index < -0.39 is 22.5 Å². The average Bonchev–Trinajstić information content (AvgIpc) is 2.90. The van der Waals surface area contributed by atoms with E-state index >= 15 is 0 Å². The van der Waals surface area contributed by atoms with Crippen LogP contribution in [-0.4, -0.2) is 46.8 Å². The van der Waals surface area contributed by atoms with Crippen molar-refractivity contribution in [3.8, 4) is 5.75 Å². The summed E-state index contributed by atoms with van der Waals surface area (Å²) in [6, 6.07) is 22.5. The van der Waals surface area contributed by atoms with Crippen LogP contribution in [0.2, 0.25) is 0 Å². The van der Waals surface area contributed by atoms with E-state index in [2.05, 4.69) is 29.3 Å². The van der Waals surface area contributed by atoms with Gasteiger partial charge in [-0.2, -0.15) is 5.10 Å². The summed E-state index contributed by atoms with van der Waals surface area (Å²) in [6.45, 7) is 7.71. The Balaban J connectivity index is 1.80. The number of hydrogen-bond acceptors (Lipinski definition) is 6. The molecule has 0 unspecified atom stereocenters. The van der Waals surface area contributed by atoms with Crippen molar-refractivity contribution >= 4 is 33.5 Å². The molecule has 0 saturated carbocycles. The van der Waals surface area contributed by atoms with Crippen molar-refractivity contribution in [3.63, 3.8) is 0 Å². The molecule has 3 rings (SSSR count). The van der Waals surface area contributed by atoms with E-state index in [0.29, 0.717) is 12.4 Å². The standard InChI is InChI=1S/C27H32N4O4S/c1-4-30(5-2)23-18-16-22(17-19-23)20-28-29-27(32)21-31(25-14-10-11-15-26(25)35-6-3)36(33,34)24-12-8-7-9-13-24/h7-20H,4-6,21H2,1-3H3,(H,29,32)/b28-20-. The number of hydrazone groups is 1. The molecule has 0 saturated heterocycles. The molecule has 0 atom stereocenters. The lowest BCUT2D eigenvalue weighted by molar-refractivity contribution is -0.119. The number of amides is 1. The number of rotatable bonds is 12. The smallest absolute Gasteiger partial charge is 0.264 e. The number of carbonyl (C=O) groups is 1. The Labute approximate surface area is 213 Å². The zero-order valence-electron chi connectivity index (χ0n) is 20.8. The first-order valence-corrected chi connectivity index (χ1v) is 13.3. The molecule has 0 radical (unpaired) electrons. The predicted molar refractivity (Wildman–Crippen MR) is 144 cm³/mol. The largest absolute Gasteiger partial charge is 0.492 e. The number of hydrogen-bond donors (Lipinski definition) is 1. The third-order valence-electron chi connectivity index (χ3n) is 5.48. The Morgan fingerprint density at radius 2 is 1.56 bits per heavy atom. The molecule has 1 amide bonds. The van der Waals surface area contributed by atoms with Crippen molar-refractivity contribution < 1.29 is 17.9 Å². The summed E-state index contributed by atoms with van der Waals surface area (Å²) in [5.74, 6) is -0.221. The van der Waals surface area contributed by atoms with Crippen LogP contribution in [0.1, 0.15) is 26.3 Å². The van der Waals surface area contributed by atoms with Crippen molar-refractivity contribution in [2.24, 2.45) is 5.10 Å². The molecule has 0 aliphatic carbocycles. The van der Waals surface area contributed by atoms with Crippen LogP contribution in [0, 0.1) is 0 Å². The Morgan fingerprint density at radius 3 is 2.19 bits per heavy atom. The third-order valence-corrected chi connectivity index (χ3v) is 7.25. The number of anilines is 2. The molecule has 0 fully saturated rings. The fourth-order valence-electron chi connectivity index (χ4n) is 3.66. The van der Waals surface area contributed by atoms with Gasteiger partial charge in [-0.25, -0.2) is 13.8 Å². The number of para-hydroxylation sites is 2. The van der Waals surface area contributed by atoms with Crippen LogP contribution in [0.5, 0.6) is 5.75 Å². The number of carbonyl (C=O) groups excluding carboxylic acids is 1. The third kappa shape index (κ3) is 6.63. The molecule has 36 heavy (non-hydrogen) atoms. The highest BCUT2D eigenvalue weighted by Gasteiger charge is 2.29. The van der Waals surface area contributed by atoms with E-state index in [1.807, 2.05) is 31.2 Å². The number of sulfonamides is 1. The monoisotopic (exact) mass is 508 g/mol. The zero-order chi connectivity index (χ0) is 26.0. The Bertz CT molecular complexity index is 1260. The minimum Gasteiger partial charge on any atom is -0.492 e. The fraction of sp³-hybridized carbons (Fsp3) is 0.259. The van der Waals surface area contributed by atoms with Gasteiger partial charge in [0.1, 0.15) is 12.3 Å². The van der Waals surface area contributed by atoms with Crippen molar-refractivity contribution in [3.05, 3.63) is 84.4 Å². The van der Waals surface area contributed by atoms with Gasteiger partial charge >= 0.3 is 0 Å². The molecule has 1 N–H and O–H groups in total. The Hall–Kier alpha value is -3.85. The quantitative estimate of drug-likeness (QED) is 0.291. The van der Waals surface area contributed by atoms with Gasteiger partial charge in [0.2, 0.25) is 0 Å². The fourth-order valence-corrected chi connectivity index (χ4v) is 5.12. The maximum absolute atomic E-state index is 13.5. The molecule has 0 aliphatic heterocycles. The van der Waals surface area contributed by atoms with E-state index in [0.717, 1.165) is 28.6 Å². The van der Waals surface area contributed by atoms with E-state index in [4.69, 9.17) is 4.74 Å². The number of nitrogens with one attached hydrogen (secondary N) is 1. The predicted octanol–water partition coefficient (Wildman–Crippen LogP) is 4.28. The van der Waals surface area contributed by atoms with Gasteiger partial charge in [0.05, 0.1) is 23.4 Å². The molecule has 9 heteroatoms. The highest BCUT2D eigenvalue weighted by atomic mass is 32.2. The summed E-state index contributed by atoms with van der Waals surface area (Å²) in [5.41, 5.74) is 4.63. The maximum Gasteiger partial charge on any atom is 0.264 e. The first kappa shape index (κ1) is 26.7. The van der Waals surface area contributed by atoms with Crippen molar-refractivity contribution in [1.82, 2.24) is 5.43 Å². The summed E-state index contributed by atoms with van der Waals surface area (Å²) in [5, 5.41) is 4.03. The van der Waals surface area contributed by atoms with Gasteiger partial charge in [0.15, 0.2) is 0 Å². The van der Waals surface area contributed by atoms with Crippen LogP contribution in [0.15, 0.2) is 88.9 Å². The van der Waals surface area contributed by atoms with Crippen LogP contribution in [-0.2, 0) is 14.8 Å². The topological polar surface area (TPSA) is 91.3 Å². The molecule has 0 spiro atoms. The summed E-state index contributed by atoms with van der Waals surface area (Å²) >= 11 is 0. The molecule has 190 valence electrons. The van der Waals surface area contributed by atoms with Crippen molar-refractivity contribution in [2.45, 2.75) is 25.7 Å². The molecule has 3 aromatic carbocycles. The summed E-state index contributed by atoms with van der Waals surface area (Å²) in [7, 11) is -4.05. The maximum atomic E-state index is 13.5. The summed E-state index contributed by atoms with van der Waals surface area (Å²) in [4.78, 5) is 15.1. The van der Waals surface area contributed by atoms with E-state index in [-0.39, 0.29) is 10.6 Å². The summed E-state index contributed by atoms with van der Waals surface area (Å²) < 4.78 is 33.7. The highest BCUT2D eigenvalue weighted by molar-refractivity contribution is 7.92. The molecular formula is C27H32N4O4S. The Kier molecular flexibility index (Phi) is 9.46. The number of ether oxygens (including phenoxy) is 1. The van der Waals surface area contributed by atoms with Crippen LogP contribution < -0.4 is 19.4 Å². The molecule has 0 bridgehead atoms. The lowest BCUT2D eigenvalue weighted by Crippen LogP contribution is -2.39. The van der Waals surface area contributed by atoms with Crippen LogP contribution in [0.3, 0.4) is 0 Å². The first-order valence-electron chi connectivity index (χ1n) is 11.9. The molecule has 8 nitrogen and oxygen atoms in total. The van der Waals surface area contributed by atoms with Crippen molar-refractivity contribution in [1.29, 1.82) is 0 Å². The second-order valence-corrected chi connectivity index (χ2v) is 9.64. The van der Waals surface area contributed by atoms with E-state index in [1.165, 1.54) is 18.3 Å². The lowest BCUT2D eigenvalue weighted by Gasteiger charge is -2.25. The average molecular weight is 509 g/mol. The van der Waals surface area contributed by atoms with Crippen LogP contribution >= 0.6 is 0 Å². The van der Waals surface area contributed by atoms with E-state index in [1.54, 1.807) is 42.5 Å². The van der Waals surface area contributed by atoms with Gasteiger partial charge in [-0.3, -0.25) is 9.10 Å². The van der Waals surface area contributed by atoms with Gasteiger partial charge in [0, 0.05) is 18.8 Å². The minimum absolute atomic E-state index is 0.0703. The van der Waals surface area contributed by atoms with Gasteiger partial charge < -0.3 is 9.64 Å². The normalized spacial score (nSPS) is 11.3. The second kappa shape index (κ2) is 12.7. The first-order chi connectivity index (χ1) is 17.4. The van der Waals surface area contributed by atoms with Gasteiger partial charge in [0.25, 0.3) is 15.9 Å². The second-order valence-electron chi connectivity index (χ2n) is 7.78. The zero-order valence-corrected chi connectivity index (χ0v) is 21.6. The van der Waals surface area contributed by atoms with E-state index in [9.17, 15) is 13.2 Å². The van der Waals surface area contributed by atoms with Crippen LogP contribution in [0.25, 0.3) is 0 Å². The van der Waals surface area contributed by atoms with Crippen molar-refractivity contribution in [2.75, 3.05) is 35.4 Å². The molecule has 0 aliphatic rings. The Morgan fingerprint density at radius 1 is 0.917 bits per heavy atom. The SMILES string of the molecule is CCOc1ccccc1N(CC(=O)N/N=C\c1ccc(N(CC)CC)cc1)S(=O)(=O)c1ccccc1. The molecule has 0 aromatic heterocycles. The van der Waals surface area contributed by atoms with Gasteiger partial charge in [-0.1, -0.05) is 42.5 Å². The highest BCUT2D eigenvalue weighted by Crippen LogP contribution is 2.32.